The molecule has 3 aromatic rings. The molecule has 0 saturated heterocycles. The second kappa shape index (κ2) is 9.52. The van der Waals surface area contributed by atoms with Crippen LogP contribution in [0.5, 0.6) is 5.75 Å². The minimum absolute atomic E-state index is 0.0453. The first-order chi connectivity index (χ1) is 15.1. The van der Waals surface area contributed by atoms with Crippen molar-refractivity contribution in [1.82, 2.24) is 0 Å². The summed E-state index contributed by atoms with van der Waals surface area (Å²) in [6, 6.07) is 11.7. The van der Waals surface area contributed by atoms with Crippen molar-refractivity contribution in [2.75, 3.05) is 17.2 Å². The fraction of sp³-hybridized carbons (Fsp3) is 0.0952. The molecule has 2 aromatic carbocycles. The molecule has 3 rings (SSSR count). The number of anilines is 2. The first kappa shape index (κ1) is 22.8. The Morgan fingerprint density at radius 3 is 2.44 bits per heavy atom. The first-order valence-electron chi connectivity index (χ1n) is 9.02. The number of primary amides is 1. The number of rotatable bonds is 7. The number of carbonyl (C=O) groups is 3. The standard InChI is InChI=1S/C21H16F3N3O4S/c22-21(23,24)12-4-3-5-13(10-12)26-17(28)11-31-16-7-2-1-6-14(16)19(30)27-20-15(18(25)29)8-9-32-20/h1-10H,11H2,(H2,25,29)(H,26,28)(H,27,30). The Bertz CT molecular complexity index is 1160. The lowest BCUT2D eigenvalue weighted by atomic mass is 10.2. The lowest BCUT2D eigenvalue weighted by Gasteiger charge is -2.12. The normalized spacial score (nSPS) is 11.0. The minimum Gasteiger partial charge on any atom is -0.483 e. The monoisotopic (exact) mass is 463 g/mol. The zero-order valence-electron chi connectivity index (χ0n) is 16.2. The van der Waals surface area contributed by atoms with Crippen LogP contribution in [0.1, 0.15) is 26.3 Å². The van der Waals surface area contributed by atoms with E-state index in [1.807, 2.05) is 0 Å². The number of thiophene rings is 1. The number of carbonyl (C=O) groups excluding carboxylic acids is 3. The number of amides is 3. The number of nitrogens with two attached hydrogens (primary N) is 1. The first-order valence-corrected chi connectivity index (χ1v) is 9.90. The molecule has 166 valence electrons. The van der Waals surface area contributed by atoms with E-state index in [0.717, 1.165) is 23.5 Å². The number of para-hydroxylation sites is 1. The summed E-state index contributed by atoms with van der Waals surface area (Å²) in [5, 5.41) is 6.74. The Kier molecular flexibility index (Phi) is 6.79. The zero-order chi connectivity index (χ0) is 23.3. The molecule has 4 N–H and O–H groups in total. The average Bonchev–Trinajstić information content (AvgIpc) is 3.20. The molecule has 0 aliphatic rings. The van der Waals surface area contributed by atoms with Gasteiger partial charge in [0.1, 0.15) is 10.8 Å². The highest BCUT2D eigenvalue weighted by atomic mass is 32.1. The highest BCUT2D eigenvalue weighted by Crippen LogP contribution is 2.30. The Labute approximate surface area is 184 Å². The number of benzene rings is 2. The number of hydrogen-bond donors (Lipinski definition) is 3. The predicted octanol–water partition coefficient (Wildman–Crippen LogP) is 4.14. The van der Waals surface area contributed by atoms with E-state index in [-0.39, 0.29) is 27.6 Å². The third-order valence-corrected chi connectivity index (χ3v) is 4.95. The lowest BCUT2D eigenvalue weighted by molar-refractivity contribution is -0.137. The van der Waals surface area contributed by atoms with E-state index in [9.17, 15) is 27.6 Å². The van der Waals surface area contributed by atoms with Crippen molar-refractivity contribution >= 4 is 39.7 Å². The van der Waals surface area contributed by atoms with E-state index in [1.165, 1.54) is 30.3 Å². The molecule has 0 unspecified atom stereocenters. The second-order valence-electron chi connectivity index (χ2n) is 6.39. The molecule has 0 aliphatic carbocycles. The third-order valence-electron chi connectivity index (χ3n) is 4.12. The molecule has 0 atom stereocenters. The highest BCUT2D eigenvalue weighted by molar-refractivity contribution is 7.14. The van der Waals surface area contributed by atoms with Gasteiger partial charge in [-0.2, -0.15) is 13.2 Å². The van der Waals surface area contributed by atoms with E-state index in [4.69, 9.17) is 10.5 Å². The van der Waals surface area contributed by atoms with Gasteiger partial charge in [0.15, 0.2) is 6.61 Å². The van der Waals surface area contributed by atoms with Gasteiger partial charge in [-0.3, -0.25) is 14.4 Å². The van der Waals surface area contributed by atoms with Crippen LogP contribution in [0.3, 0.4) is 0 Å². The summed E-state index contributed by atoms with van der Waals surface area (Å²) >= 11 is 1.11. The van der Waals surface area contributed by atoms with Crippen molar-refractivity contribution in [2.24, 2.45) is 5.73 Å². The summed E-state index contributed by atoms with van der Waals surface area (Å²) in [7, 11) is 0. The van der Waals surface area contributed by atoms with Crippen LogP contribution >= 0.6 is 11.3 Å². The maximum Gasteiger partial charge on any atom is 0.416 e. The van der Waals surface area contributed by atoms with Gasteiger partial charge < -0.3 is 21.1 Å². The lowest BCUT2D eigenvalue weighted by Crippen LogP contribution is -2.22. The quantitative estimate of drug-likeness (QED) is 0.489. The van der Waals surface area contributed by atoms with Gasteiger partial charge in [0.2, 0.25) is 0 Å². The van der Waals surface area contributed by atoms with Gasteiger partial charge in [-0.1, -0.05) is 18.2 Å². The number of halogens is 3. The highest BCUT2D eigenvalue weighted by Gasteiger charge is 2.30. The molecule has 0 aliphatic heterocycles. The van der Waals surface area contributed by atoms with Crippen LogP contribution in [0.25, 0.3) is 0 Å². The molecular formula is C21H16F3N3O4S. The number of nitrogens with one attached hydrogen (secondary N) is 2. The largest absolute Gasteiger partial charge is 0.483 e. The van der Waals surface area contributed by atoms with Crippen molar-refractivity contribution in [2.45, 2.75) is 6.18 Å². The summed E-state index contributed by atoms with van der Waals surface area (Å²) in [6.45, 7) is -0.550. The SMILES string of the molecule is NC(=O)c1ccsc1NC(=O)c1ccccc1OCC(=O)Nc1cccc(C(F)(F)F)c1. The average molecular weight is 463 g/mol. The fourth-order valence-electron chi connectivity index (χ4n) is 2.66. The summed E-state index contributed by atoms with van der Waals surface area (Å²) in [4.78, 5) is 36.2. The molecular weight excluding hydrogens is 447 g/mol. The molecule has 7 nitrogen and oxygen atoms in total. The van der Waals surface area contributed by atoms with Crippen molar-refractivity contribution in [3.05, 3.63) is 76.7 Å². The van der Waals surface area contributed by atoms with Gasteiger partial charge in [0, 0.05) is 5.69 Å². The van der Waals surface area contributed by atoms with Gasteiger partial charge in [-0.15, -0.1) is 11.3 Å². The molecule has 11 heteroatoms. The topological polar surface area (TPSA) is 111 Å². The van der Waals surface area contributed by atoms with E-state index < -0.39 is 36.1 Å². The summed E-state index contributed by atoms with van der Waals surface area (Å²) in [5.74, 6) is -1.93. The van der Waals surface area contributed by atoms with Crippen LogP contribution < -0.4 is 21.1 Å². The minimum atomic E-state index is -4.54. The zero-order valence-corrected chi connectivity index (χ0v) is 17.0. The number of ether oxygens (including phenoxy) is 1. The smallest absolute Gasteiger partial charge is 0.416 e. The molecule has 0 radical (unpaired) electrons. The summed E-state index contributed by atoms with van der Waals surface area (Å²) < 4.78 is 43.8. The van der Waals surface area contributed by atoms with E-state index >= 15 is 0 Å². The fourth-order valence-corrected chi connectivity index (χ4v) is 3.45. The van der Waals surface area contributed by atoms with Crippen molar-refractivity contribution in [3.63, 3.8) is 0 Å². The maximum absolute atomic E-state index is 12.8. The molecule has 3 amide bonds. The molecule has 1 aromatic heterocycles. The van der Waals surface area contributed by atoms with Crippen LogP contribution in [0.2, 0.25) is 0 Å². The second-order valence-corrected chi connectivity index (χ2v) is 7.31. The molecule has 0 spiro atoms. The summed E-state index contributed by atoms with van der Waals surface area (Å²) in [5.41, 5.74) is 4.56. The van der Waals surface area contributed by atoms with Crippen LogP contribution in [-0.4, -0.2) is 24.3 Å². The van der Waals surface area contributed by atoms with E-state index in [1.54, 1.807) is 17.5 Å². The van der Waals surface area contributed by atoms with Crippen molar-refractivity contribution < 1.29 is 32.3 Å². The number of alkyl halides is 3. The van der Waals surface area contributed by atoms with Gasteiger partial charge in [-0.05, 0) is 41.8 Å². The van der Waals surface area contributed by atoms with E-state index in [2.05, 4.69) is 10.6 Å². The number of hydrogen-bond acceptors (Lipinski definition) is 5. The molecule has 32 heavy (non-hydrogen) atoms. The summed E-state index contributed by atoms with van der Waals surface area (Å²) in [6.07, 6.45) is -4.54. The molecule has 0 bridgehead atoms. The van der Waals surface area contributed by atoms with Gasteiger partial charge >= 0.3 is 6.18 Å². The molecule has 1 heterocycles. The Balaban J connectivity index is 1.66. The Morgan fingerprint density at radius 1 is 0.969 bits per heavy atom. The Morgan fingerprint density at radius 2 is 1.72 bits per heavy atom. The van der Waals surface area contributed by atoms with E-state index in [0.29, 0.717) is 0 Å². The Hall–Kier alpha value is -3.86. The molecule has 0 saturated carbocycles. The van der Waals surface area contributed by atoms with Gasteiger partial charge in [0.25, 0.3) is 17.7 Å². The van der Waals surface area contributed by atoms with Gasteiger partial charge in [-0.25, -0.2) is 0 Å². The van der Waals surface area contributed by atoms with Crippen molar-refractivity contribution in [1.29, 1.82) is 0 Å². The predicted molar refractivity (Wildman–Crippen MR) is 113 cm³/mol. The van der Waals surface area contributed by atoms with Crippen LogP contribution in [-0.2, 0) is 11.0 Å². The van der Waals surface area contributed by atoms with Crippen LogP contribution in [0, 0.1) is 0 Å². The van der Waals surface area contributed by atoms with Crippen molar-refractivity contribution in [3.8, 4) is 5.75 Å². The van der Waals surface area contributed by atoms with Crippen LogP contribution in [0.15, 0.2) is 60.0 Å². The third kappa shape index (κ3) is 5.64. The maximum atomic E-state index is 12.8. The van der Waals surface area contributed by atoms with Crippen LogP contribution in [0.4, 0.5) is 23.9 Å². The van der Waals surface area contributed by atoms with Gasteiger partial charge in [0.05, 0.1) is 16.7 Å². The molecule has 0 fully saturated rings.